The summed E-state index contributed by atoms with van der Waals surface area (Å²) in [5.74, 6) is 0.797. The normalized spacial score (nSPS) is 20.0. The number of carbonyl (C=O) groups excluding carboxylic acids is 1. The van der Waals surface area contributed by atoms with E-state index in [1.807, 2.05) is 6.07 Å². The van der Waals surface area contributed by atoms with Crippen LogP contribution in [0, 0.1) is 5.92 Å². The SMILES string of the molecule is COc1ccc([C@@H](NC(=O)c2ccc(Cl)cc2OC)C2CC(O)C2)cn1. The van der Waals surface area contributed by atoms with E-state index >= 15 is 0 Å². The van der Waals surface area contributed by atoms with E-state index in [0.717, 1.165) is 5.56 Å². The fourth-order valence-corrected chi connectivity index (χ4v) is 3.31. The number of amides is 1. The molecule has 1 amide bonds. The zero-order valence-electron chi connectivity index (χ0n) is 14.6. The van der Waals surface area contributed by atoms with Gasteiger partial charge in [-0.3, -0.25) is 4.79 Å². The molecule has 1 aliphatic carbocycles. The summed E-state index contributed by atoms with van der Waals surface area (Å²) in [5, 5.41) is 13.2. The van der Waals surface area contributed by atoms with Crippen molar-refractivity contribution in [2.75, 3.05) is 14.2 Å². The third kappa shape index (κ3) is 3.92. The van der Waals surface area contributed by atoms with Gasteiger partial charge in [-0.2, -0.15) is 0 Å². The van der Waals surface area contributed by atoms with Crippen molar-refractivity contribution in [1.82, 2.24) is 10.3 Å². The fourth-order valence-electron chi connectivity index (χ4n) is 3.14. The van der Waals surface area contributed by atoms with Crippen LogP contribution in [0.2, 0.25) is 5.02 Å². The van der Waals surface area contributed by atoms with Crippen LogP contribution in [0.3, 0.4) is 0 Å². The van der Waals surface area contributed by atoms with E-state index in [-0.39, 0.29) is 24.0 Å². The van der Waals surface area contributed by atoms with E-state index in [1.54, 1.807) is 37.6 Å². The van der Waals surface area contributed by atoms with Gasteiger partial charge in [0, 0.05) is 17.3 Å². The number of aliphatic hydroxyl groups excluding tert-OH is 1. The molecular formula is C19H21ClN2O4. The number of aromatic nitrogens is 1. The summed E-state index contributed by atoms with van der Waals surface area (Å²) in [6.07, 6.45) is 2.63. The van der Waals surface area contributed by atoms with Crippen LogP contribution in [0.15, 0.2) is 36.5 Å². The lowest BCUT2D eigenvalue weighted by Crippen LogP contribution is -2.41. The molecular weight excluding hydrogens is 356 g/mol. The molecule has 26 heavy (non-hydrogen) atoms. The minimum absolute atomic E-state index is 0.141. The molecule has 0 saturated heterocycles. The summed E-state index contributed by atoms with van der Waals surface area (Å²) in [6, 6.07) is 8.26. The van der Waals surface area contributed by atoms with Crippen molar-refractivity contribution in [1.29, 1.82) is 0 Å². The van der Waals surface area contributed by atoms with Crippen LogP contribution in [-0.2, 0) is 0 Å². The number of hydrogen-bond acceptors (Lipinski definition) is 5. The van der Waals surface area contributed by atoms with Crippen molar-refractivity contribution in [3.05, 3.63) is 52.7 Å². The van der Waals surface area contributed by atoms with Crippen molar-refractivity contribution < 1.29 is 19.4 Å². The number of methoxy groups -OCH3 is 2. The number of benzene rings is 1. The Morgan fingerprint density at radius 3 is 2.62 bits per heavy atom. The summed E-state index contributed by atoms with van der Waals surface area (Å²) in [6.45, 7) is 0. The summed E-state index contributed by atoms with van der Waals surface area (Å²) >= 11 is 5.97. The number of aliphatic hydroxyl groups is 1. The van der Waals surface area contributed by atoms with Crippen LogP contribution in [-0.4, -0.2) is 36.3 Å². The van der Waals surface area contributed by atoms with Crippen molar-refractivity contribution in [2.45, 2.75) is 25.0 Å². The van der Waals surface area contributed by atoms with Crippen molar-refractivity contribution in [3.63, 3.8) is 0 Å². The average molecular weight is 377 g/mol. The smallest absolute Gasteiger partial charge is 0.255 e. The molecule has 0 spiro atoms. The van der Waals surface area contributed by atoms with Gasteiger partial charge in [0.1, 0.15) is 5.75 Å². The Kier molecular flexibility index (Phi) is 5.64. The second-order valence-corrected chi connectivity index (χ2v) is 6.75. The van der Waals surface area contributed by atoms with E-state index in [9.17, 15) is 9.90 Å². The molecule has 1 saturated carbocycles. The third-order valence-electron chi connectivity index (χ3n) is 4.64. The Labute approximate surface area is 157 Å². The Hall–Kier alpha value is -2.31. The number of rotatable bonds is 6. The predicted molar refractivity (Wildman–Crippen MR) is 97.7 cm³/mol. The summed E-state index contributed by atoms with van der Waals surface area (Å²) in [5.41, 5.74) is 1.27. The van der Waals surface area contributed by atoms with Crippen molar-refractivity contribution in [2.24, 2.45) is 5.92 Å². The number of hydrogen-bond donors (Lipinski definition) is 2. The van der Waals surface area contributed by atoms with Gasteiger partial charge in [-0.1, -0.05) is 17.7 Å². The largest absolute Gasteiger partial charge is 0.496 e. The number of halogens is 1. The molecule has 7 heteroatoms. The Bertz CT molecular complexity index is 776. The van der Waals surface area contributed by atoms with Gasteiger partial charge in [0.25, 0.3) is 5.91 Å². The zero-order valence-corrected chi connectivity index (χ0v) is 15.4. The molecule has 0 aliphatic heterocycles. The molecule has 0 unspecified atom stereocenters. The first kappa shape index (κ1) is 18.5. The summed E-state index contributed by atoms with van der Waals surface area (Å²) in [4.78, 5) is 17.1. The monoisotopic (exact) mass is 376 g/mol. The van der Waals surface area contributed by atoms with E-state index in [2.05, 4.69) is 10.3 Å². The summed E-state index contributed by atoms with van der Waals surface area (Å²) in [7, 11) is 3.05. The number of nitrogens with zero attached hydrogens (tertiary/aromatic N) is 1. The first-order valence-corrected chi connectivity index (χ1v) is 8.72. The Morgan fingerprint density at radius 2 is 2.04 bits per heavy atom. The van der Waals surface area contributed by atoms with E-state index in [4.69, 9.17) is 21.1 Å². The van der Waals surface area contributed by atoms with E-state index in [1.165, 1.54) is 7.11 Å². The highest BCUT2D eigenvalue weighted by Crippen LogP contribution is 2.38. The molecule has 0 bridgehead atoms. The minimum Gasteiger partial charge on any atom is -0.496 e. The maximum absolute atomic E-state index is 12.8. The number of carbonyl (C=O) groups is 1. The Morgan fingerprint density at radius 1 is 1.27 bits per heavy atom. The van der Waals surface area contributed by atoms with Gasteiger partial charge < -0.3 is 19.9 Å². The molecule has 2 N–H and O–H groups in total. The van der Waals surface area contributed by atoms with Gasteiger partial charge in [0.05, 0.1) is 31.9 Å². The molecule has 1 aromatic carbocycles. The lowest BCUT2D eigenvalue weighted by molar-refractivity contribution is 0.0234. The van der Waals surface area contributed by atoms with Gasteiger partial charge in [-0.15, -0.1) is 0 Å². The van der Waals surface area contributed by atoms with Gasteiger partial charge in [-0.25, -0.2) is 4.98 Å². The number of pyridine rings is 1. The Balaban J connectivity index is 1.84. The average Bonchev–Trinajstić information content (AvgIpc) is 2.63. The molecule has 6 nitrogen and oxygen atoms in total. The molecule has 138 valence electrons. The van der Waals surface area contributed by atoms with Gasteiger partial charge in [-0.05, 0) is 42.5 Å². The highest BCUT2D eigenvalue weighted by atomic mass is 35.5. The molecule has 0 radical (unpaired) electrons. The van der Waals surface area contributed by atoms with Crippen LogP contribution in [0.4, 0.5) is 0 Å². The maximum Gasteiger partial charge on any atom is 0.255 e. The highest BCUT2D eigenvalue weighted by Gasteiger charge is 2.36. The molecule has 1 fully saturated rings. The van der Waals surface area contributed by atoms with Crippen LogP contribution in [0.5, 0.6) is 11.6 Å². The van der Waals surface area contributed by atoms with Crippen LogP contribution in [0.1, 0.15) is 34.8 Å². The molecule has 1 atom stereocenters. The minimum atomic E-state index is -0.323. The fraction of sp³-hybridized carbons (Fsp3) is 0.368. The zero-order chi connectivity index (χ0) is 18.7. The van der Waals surface area contributed by atoms with E-state index in [0.29, 0.717) is 35.1 Å². The maximum atomic E-state index is 12.8. The standard InChI is InChI=1S/C19H21ClN2O4/c1-25-16-9-13(20)4-5-15(16)19(24)22-18(12-7-14(23)8-12)11-3-6-17(26-2)21-10-11/h3-6,9-10,12,14,18,23H,7-8H2,1-2H3,(H,22,24)/t12?,14?,18-/m1/s1. The first-order valence-electron chi connectivity index (χ1n) is 8.34. The number of ether oxygens (including phenoxy) is 2. The van der Waals surface area contributed by atoms with Gasteiger partial charge >= 0.3 is 0 Å². The molecule has 2 aromatic rings. The van der Waals surface area contributed by atoms with Crippen molar-refractivity contribution in [3.8, 4) is 11.6 Å². The predicted octanol–water partition coefficient (Wildman–Crippen LogP) is 2.99. The van der Waals surface area contributed by atoms with Crippen molar-refractivity contribution >= 4 is 17.5 Å². The van der Waals surface area contributed by atoms with Gasteiger partial charge in [0.15, 0.2) is 0 Å². The number of nitrogens with one attached hydrogen (secondary N) is 1. The van der Waals surface area contributed by atoms with Crippen LogP contribution in [0.25, 0.3) is 0 Å². The molecule has 1 aliphatic rings. The second kappa shape index (κ2) is 7.93. The summed E-state index contributed by atoms with van der Waals surface area (Å²) < 4.78 is 10.4. The van der Waals surface area contributed by atoms with Gasteiger partial charge in [0.2, 0.25) is 5.88 Å². The molecule has 1 aromatic heterocycles. The first-order chi connectivity index (χ1) is 12.5. The van der Waals surface area contributed by atoms with Crippen LogP contribution < -0.4 is 14.8 Å². The quantitative estimate of drug-likeness (QED) is 0.810. The topological polar surface area (TPSA) is 80.7 Å². The molecule has 1 heterocycles. The lowest BCUT2D eigenvalue weighted by atomic mass is 9.75. The third-order valence-corrected chi connectivity index (χ3v) is 4.88. The second-order valence-electron chi connectivity index (χ2n) is 6.31. The van der Waals surface area contributed by atoms with Crippen LogP contribution >= 0.6 is 11.6 Å². The lowest BCUT2D eigenvalue weighted by Gasteiger charge is -2.38. The molecule has 3 rings (SSSR count). The highest BCUT2D eigenvalue weighted by molar-refractivity contribution is 6.30. The van der Waals surface area contributed by atoms with E-state index < -0.39 is 0 Å².